The molecular weight excluding hydrogens is 384 g/mol. The number of sulfonamides is 1. The van der Waals surface area contributed by atoms with Crippen molar-refractivity contribution in [3.05, 3.63) is 52.2 Å². The van der Waals surface area contributed by atoms with E-state index in [4.69, 9.17) is 4.74 Å². The van der Waals surface area contributed by atoms with Gasteiger partial charge in [0.1, 0.15) is 0 Å². The molecule has 0 spiro atoms. The molecule has 1 aliphatic carbocycles. The van der Waals surface area contributed by atoms with Crippen LogP contribution in [0.1, 0.15) is 28.1 Å². The Balaban J connectivity index is 1.51. The minimum atomic E-state index is -3.54. The minimum absolute atomic E-state index is 0.0405. The lowest BCUT2D eigenvalue weighted by molar-refractivity contribution is 0.0730. The zero-order valence-electron chi connectivity index (χ0n) is 14.9. The maximum atomic E-state index is 13.0. The van der Waals surface area contributed by atoms with E-state index in [9.17, 15) is 13.2 Å². The number of morpholine rings is 1. The van der Waals surface area contributed by atoms with Crippen LogP contribution in [-0.2, 0) is 21.3 Å². The Morgan fingerprint density at radius 3 is 2.44 bits per heavy atom. The lowest BCUT2D eigenvalue weighted by atomic mass is 10.2. The number of nitrogens with zero attached hydrogens (tertiary/aromatic N) is 2. The minimum Gasteiger partial charge on any atom is -0.379 e. The molecule has 1 aromatic heterocycles. The molecule has 0 N–H and O–H groups in total. The van der Waals surface area contributed by atoms with Gasteiger partial charge in [-0.05, 0) is 48.6 Å². The van der Waals surface area contributed by atoms with Crippen LogP contribution in [0.3, 0.4) is 0 Å². The number of rotatable bonds is 6. The molecule has 1 aromatic carbocycles. The van der Waals surface area contributed by atoms with E-state index < -0.39 is 10.0 Å². The summed E-state index contributed by atoms with van der Waals surface area (Å²) in [5.74, 6) is -0.0405. The molecular formula is C19H22N2O4S2. The fraction of sp³-hybridized carbons (Fsp3) is 0.421. The summed E-state index contributed by atoms with van der Waals surface area (Å²) in [5.41, 5.74) is 0.527. The molecule has 4 rings (SSSR count). The van der Waals surface area contributed by atoms with Gasteiger partial charge < -0.3 is 9.64 Å². The summed E-state index contributed by atoms with van der Waals surface area (Å²) >= 11 is 1.64. The van der Waals surface area contributed by atoms with Crippen molar-refractivity contribution in [1.29, 1.82) is 0 Å². The zero-order chi connectivity index (χ0) is 18.9. The molecule has 1 saturated heterocycles. The maximum Gasteiger partial charge on any atom is 0.254 e. The molecule has 0 unspecified atom stereocenters. The summed E-state index contributed by atoms with van der Waals surface area (Å²) in [6, 6.07) is 10.6. The van der Waals surface area contributed by atoms with E-state index in [1.165, 1.54) is 16.4 Å². The van der Waals surface area contributed by atoms with Gasteiger partial charge in [0.05, 0.1) is 24.7 Å². The van der Waals surface area contributed by atoms with E-state index in [2.05, 4.69) is 0 Å². The van der Waals surface area contributed by atoms with Crippen LogP contribution >= 0.6 is 11.3 Å². The molecule has 1 amide bonds. The second-order valence-corrected chi connectivity index (χ2v) is 9.75. The first-order valence-electron chi connectivity index (χ1n) is 9.07. The second kappa shape index (κ2) is 7.71. The molecule has 6 nitrogen and oxygen atoms in total. The zero-order valence-corrected chi connectivity index (χ0v) is 16.5. The predicted octanol–water partition coefficient (Wildman–Crippen LogP) is 2.57. The first-order chi connectivity index (χ1) is 13.1. The van der Waals surface area contributed by atoms with Crippen molar-refractivity contribution in [2.45, 2.75) is 30.3 Å². The molecule has 0 bridgehead atoms. The SMILES string of the molecule is O=C(c1ccc(S(=O)(=O)N2CCOCC2)cc1)N(Cc1cccs1)C1CC1. The van der Waals surface area contributed by atoms with Crippen LogP contribution in [0.25, 0.3) is 0 Å². The predicted molar refractivity (Wildman–Crippen MR) is 103 cm³/mol. The molecule has 2 aromatic rings. The summed E-state index contributed by atoms with van der Waals surface area (Å²) in [5, 5.41) is 2.01. The first-order valence-corrected chi connectivity index (χ1v) is 11.4. The fourth-order valence-electron chi connectivity index (χ4n) is 3.19. The quantitative estimate of drug-likeness (QED) is 0.740. The molecule has 1 saturated carbocycles. The van der Waals surface area contributed by atoms with Gasteiger partial charge in [0.15, 0.2) is 0 Å². The Bertz CT molecular complexity index is 884. The molecule has 0 atom stereocenters. The van der Waals surface area contributed by atoms with E-state index in [-0.39, 0.29) is 16.8 Å². The Labute approximate surface area is 163 Å². The molecule has 144 valence electrons. The second-order valence-electron chi connectivity index (χ2n) is 6.78. The third-order valence-electron chi connectivity index (χ3n) is 4.86. The van der Waals surface area contributed by atoms with E-state index in [0.29, 0.717) is 38.4 Å². The Morgan fingerprint density at radius 1 is 1.15 bits per heavy atom. The van der Waals surface area contributed by atoms with Crippen molar-refractivity contribution in [2.24, 2.45) is 0 Å². The molecule has 2 fully saturated rings. The monoisotopic (exact) mass is 406 g/mol. The third-order valence-corrected chi connectivity index (χ3v) is 7.64. The van der Waals surface area contributed by atoms with Gasteiger partial charge in [-0.2, -0.15) is 4.31 Å². The van der Waals surface area contributed by atoms with Crippen LogP contribution in [-0.4, -0.2) is 55.9 Å². The van der Waals surface area contributed by atoms with Gasteiger partial charge in [0, 0.05) is 29.6 Å². The lowest BCUT2D eigenvalue weighted by Crippen LogP contribution is -2.40. The van der Waals surface area contributed by atoms with Crippen LogP contribution in [0.4, 0.5) is 0 Å². The number of benzene rings is 1. The number of carbonyl (C=O) groups excluding carboxylic acids is 1. The summed E-state index contributed by atoms with van der Waals surface area (Å²) in [6.45, 7) is 2.15. The number of hydrogen-bond acceptors (Lipinski definition) is 5. The lowest BCUT2D eigenvalue weighted by Gasteiger charge is -2.26. The topological polar surface area (TPSA) is 66.9 Å². The van der Waals surface area contributed by atoms with E-state index in [1.54, 1.807) is 23.5 Å². The van der Waals surface area contributed by atoms with Crippen LogP contribution in [0.15, 0.2) is 46.7 Å². The van der Waals surface area contributed by atoms with Crippen LogP contribution in [0.2, 0.25) is 0 Å². The number of hydrogen-bond donors (Lipinski definition) is 0. The highest BCUT2D eigenvalue weighted by molar-refractivity contribution is 7.89. The van der Waals surface area contributed by atoms with Gasteiger partial charge in [0.25, 0.3) is 5.91 Å². The fourth-order valence-corrected chi connectivity index (χ4v) is 5.31. The largest absolute Gasteiger partial charge is 0.379 e. The van der Waals surface area contributed by atoms with Crippen LogP contribution < -0.4 is 0 Å². The number of carbonyl (C=O) groups is 1. The highest BCUT2D eigenvalue weighted by atomic mass is 32.2. The van der Waals surface area contributed by atoms with Gasteiger partial charge in [-0.15, -0.1) is 11.3 Å². The summed E-state index contributed by atoms with van der Waals surface area (Å²) in [4.78, 5) is 16.2. The van der Waals surface area contributed by atoms with E-state index in [0.717, 1.165) is 17.7 Å². The molecule has 27 heavy (non-hydrogen) atoms. The van der Waals surface area contributed by atoms with Crippen LogP contribution in [0, 0.1) is 0 Å². The average molecular weight is 407 g/mol. The van der Waals surface area contributed by atoms with Gasteiger partial charge in [0.2, 0.25) is 10.0 Å². The van der Waals surface area contributed by atoms with Gasteiger partial charge in [-0.3, -0.25) is 4.79 Å². The number of thiophene rings is 1. The van der Waals surface area contributed by atoms with Gasteiger partial charge in [-0.1, -0.05) is 6.07 Å². The van der Waals surface area contributed by atoms with Crippen LogP contribution in [0.5, 0.6) is 0 Å². The van der Waals surface area contributed by atoms with E-state index in [1.807, 2.05) is 22.4 Å². The van der Waals surface area contributed by atoms with E-state index >= 15 is 0 Å². The normalized spacial score (nSPS) is 18.4. The van der Waals surface area contributed by atoms with Crippen molar-refractivity contribution in [3.63, 3.8) is 0 Å². The summed E-state index contributed by atoms with van der Waals surface area (Å²) in [6.07, 6.45) is 2.06. The average Bonchev–Trinajstić information content (AvgIpc) is 3.42. The molecule has 2 aliphatic rings. The third kappa shape index (κ3) is 4.08. The maximum absolute atomic E-state index is 13.0. The Hall–Kier alpha value is -1.74. The standard InChI is InChI=1S/C19H22N2O4S2/c22-19(21(16-5-6-16)14-17-2-1-13-26-17)15-3-7-18(8-4-15)27(23,24)20-9-11-25-12-10-20/h1-4,7-8,13,16H,5-6,9-12,14H2. The molecule has 2 heterocycles. The Kier molecular flexibility index (Phi) is 5.32. The van der Waals surface area contributed by atoms with Crippen molar-refractivity contribution in [3.8, 4) is 0 Å². The van der Waals surface area contributed by atoms with Crippen molar-refractivity contribution < 1.29 is 17.9 Å². The smallest absolute Gasteiger partial charge is 0.254 e. The van der Waals surface area contributed by atoms with Crippen molar-refractivity contribution >= 4 is 27.3 Å². The summed E-state index contributed by atoms with van der Waals surface area (Å²) < 4.78 is 32.1. The van der Waals surface area contributed by atoms with Crippen molar-refractivity contribution in [1.82, 2.24) is 9.21 Å². The van der Waals surface area contributed by atoms with Gasteiger partial charge in [-0.25, -0.2) is 8.42 Å². The first kappa shape index (κ1) is 18.6. The number of ether oxygens (including phenoxy) is 1. The van der Waals surface area contributed by atoms with Gasteiger partial charge >= 0.3 is 0 Å². The van der Waals surface area contributed by atoms with Crippen molar-refractivity contribution in [2.75, 3.05) is 26.3 Å². The Morgan fingerprint density at radius 2 is 1.85 bits per heavy atom. The highest BCUT2D eigenvalue weighted by Crippen LogP contribution is 2.31. The highest BCUT2D eigenvalue weighted by Gasteiger charge is 2.33. The molecule has 8 heteroatoms. The molecule has 0 radical (unpaired) electrons. The summed E-state index contributed by atoms with van der Waals surface area (Å²) in [7, 11) is -3.54. The molecule has 1 aliphatic heterocycles. The number of amides is 1.